The van der Waals surface area contributed by atoms with Gasteiger partial charge in [0.15, 0.2) is 4.90 Å². The Morgan fingerprint density at radius 2 is 2.00 bits per heavy atom. The smallest absolute Gasteiger partial charge is 0.416 e. The van der Waals surface area contributed by atoms with E-state index in [1.807, 2.05) is 10.8 Å². The Labute approximate surface area is 168 Å². The van der Waals surface area contributed by atoms with Gasteiger partial charge >= 0.3 is 6.18 Å². The zero-order valence-corrected chi connectivity index (χ0v) is 16.2. The number of pyridine rings is 1. The Balaban J connectivity index is 1.70. The molecule has 10 heteroatoms. The van der Waals surface area contributed by atoms with Gasteiger partial charge in [0.05, 0.1) is 34.4 Å². The number of hydrogen-bond donors (Lipinski definition) is 1. The van der Waals surface area contributed by atoms with Crippen molar-refractivity contribution in [3.8, 4) is 22.9 Å². The lowest BCUT2D eigenvalue weighted by Crippen LogP contribution is -2.19. The largest absolute Gasteiger partial charge is 0.593 e. The van der Waals surface area contributed by atoms with Crippen molar-refractivity contribution in [1.29, 1.82) is 0 Å². The number of nitrogens with zero attached hydrogens (tertiary/aromatic N) is 3. The minimum Gasteiger partial charge on any atom is -0.593 e. The van der Waals surface area contributed by atoms with Gasteiger partial charge < -0.3 is 13.9 Å². The molecule has 3 aromatic rings. The van der Waals surface area contributed by atoms with Crippen LogP contribution in [0.5, 0.6) is 11.6 Å². The van der Waals surface area contributed by atoms with Crippen LogP contribution in [0.15, 0.2) is 47.6 Å². The third kappa shape index (κ3) is 4.09. The number of nitrogens with one attached hydrogen (secondary N) is 1. The molecule has 0 spiro atoms. The standard InChI is InChI=1S/C19H17F3N4O2S/c1-23-29(27)14-9-15(16-11-26-8-2-3-17(26)25-16)18(24-10-14)28-13-6-4-12(5-7-13)19(20,21)22/h4-7,9-11,23H,2-3,8H2,1H3. The number of rotatable bonds is 5. The molecule has 1 N–H and O–H groups in total. The summed E-state index contributed by atoms with van der Waals surface area (Å²) in [5, 5.41) is 0. The second-order valence-corrected chi connectivity index (χ2v) is 7.88. The van der Waals surface area contributed by atoms with Crippen molar-refractivity contribution in [3.63, 3.8) is 0 Å². The molecule has 0 fully saturated rings. The van der Waals surface area contributed by atoms with E-state index in [2.05, 4.69) is 14.7 Å². The van der Waals surface area contributed by atoms with Crippen molar-refractivity contribution in [3.05, 3.63) is 54.1 Å². The van der Waals surface area contributed by atoms with Crippen molar-refractivity contribution < 1.29 is 22.5 Å². The molecule has 1 unspecified atom stereocenters. The van der Waals surface area contributed by atoms with Crippen molar-refractivity contribution in [2.45, 2.75) is 30.5 Å². The van der Waals surface area contributed by atoms with Crippen molar-refractivity contribution in [1.82, 2.24) is 19.3 Å². The SMILES string of the molecule is CN[S+]([O-])c1cnc(Oc2ccc(C(F)(F)F)cc2)c(-c2cn3c(n2)CCC3)c1. The third-order valence-electron chi connectivity index (χ3n) is 4.56. The molecule has 6 nitrogen and oxygen atoms in total. The normalized spacial score (nSPS) is 14.7. The Morgan fingerprint density at radius 1 is 1.24 bits per heavy atom. The van der Waals surface area contributed by atoms with Gasteiger partial charge in [-0.1, -0.05) is 0 Å². The molecule has 0 saturated heterocycles. The van der Waals surface area contributed by atoms with Gasteiger partial charge in [-0.15, -0.1) is 4.72 Å². The van der Waals surface area contributed by atoms with Crippen LogP contribution in [0.2, 0.25) is 0 Å². The van der Waals surface area contributed by atoms with E-state index >= 15 is 0 Å². The zero-order chi connectivity index (χ0) is 20.6. The number of aryl methyl sites for hydroxylation is 2. The first-order valence-electron chi connectivity index (χ1n) is 8.86. The summed E-state index contributed by atoms with van der Waals surface area (Å²) in [6, 6.07) is 6.04. The van der Waals surface area contributed by atoms with Crippen LogP contribution in [0, 0.1) is 0 Å². The van der Waals surface area contributed by atoms with E-state index in [-0.39, 0.29) is 11.6 Å². The molecule has 1 aliphatic rings. The number of alkyl halides is 3. The molecule has 0 bridgehead atoms. The molecule has 3 heterocycles. The lowest BCUT2D eigenvalue weighted by Gasteiger charge is -2.12. The molecule has 0 amide bonds. The monoisotopic (exact) mass is 422 g/mol. The topological polar surface area (TPSA) is 75.0 Å². The maximum absolute atomic E-state index is 12.8. The van der Waals surface area contributed by atoms with E-state index in [4.69, 9.17) is 4.74 Å². The summed E-state index contributed by atoms with van der Waals surface area (Å²) in [7, 11) is 1.56. The molecule has 1 atom stereocenters. The van der Waals surface area contributed by atoms with Gasteiger partial charge in [-0.25, -0.2) is 9.97 Å². The molecule has 152 valence electrons. The number of imidazole rings is 1. The molecule has 1 aromatic carbocycles. The minimum absolute atomic E-state index is 0.179. The number of aromatic nitrogens is 3. The van der Waals surface area contributed by atoms with E-state index in [9.17, 15) is 17.7 Å². The second kappa shape index (κ2) is 7.69. The van der Waals surface area contributed by atoms with Gasteiger partial charge in [0, 0.05) is 32.3 Å². The average molecular weight is 422 g/mol. The summed E-state index contributed by atoms with van der Waals surface area (Å²) in [6.07, 6.45) is 0.756. The first-order valence-corrected chi connectivity index (χ1v) is 10.0. The van der Waals surface area contributed by atoms with Gasteiger partial charge in [-0.3, -0.25) is 0 Å². The van der Waals surface area contributed by atoms with Crippen LogP contribution in [0.1, 0.15) is 17.8 Å². The van der Waals surface area contributed by atoms with Gasteiger partial charge in [-0.2, -0.15) is 13.2 Å². The highest BCUT2D eigenvalue weighted by atomic mass is 32.2. The molecule has 2 aromatic heterocycles. The van der Waals surface area contributed by atoms with Crippen LogP contribution >= 0.6 is 0 Å². The quantitative estimate of drug-likeness (QED) is 0.631. The Bertz CT molecular complexity index is 1000. The van der Waals surface area contributed by atoms with Gasteiger partial charge in [0.1, 0.15) is 11.6 Å². The number of benzene rings is 1. The predicted molar refractivity (Wildman–Crippen MR) is 101 cm³/mol. The lowest BCUT2D eigenvalue weighted by molar-refractivity contribution is -0.137. The number of halogens is 3. The molecular weight excluding hydrogens is 405 g/mol. The van der Waals surface area contributed by atoms with Crippen LogP contribution in [-0.2, 0) is 30.5 Å². The molecular formula is C19H17F3N4O2S. The molecule has 29 heavy (non-hydrogen) atoms. The Hall–Kier alpha value is -2.56. The predicted octanol–water partition coefficient (Wildman–Crippen LogP) is 3.94. The number of fused-ring (bicyclic) bond motifs is 1. The van der Waals surface area contributed by atoms with Crippen LogP contribution in [0.3, 0.4) is 0 Å². The summed E-state index contributed by atoms with van der Waals surface area (Å²) >= 11 is -1.46. The fourth-order valence-electron chi connectivity index (χ4n) is 3.13. The zero-order valence-electron chi connectivity index (χ0n) is 15.4. The summed E-state index contributed by atoms with van der Waals surface area (Å²) in [6.45, 7) is 0.868. The van der Waals surface area contributed by atoms with Crippen molar-refractivity contribution in [2.75, 3.05) is 7.05 Å². The maximum Gasteiger partial charge on any atom is 0.416 e. The van der Waals surface area contributed by atoms with E-state index in [0.717, 1.165) is 37.3 Å². The van der Waals surface area contributed by atoms with E-state index in [0.29, 0.717) is 16.2 Å². The first-order chi connectivity index (χ1) is 13.8. The summed E-state index contributed by atoms with van der Waals surface area (Å²) in [5.74, 6) is 1.33. The molecule has 0 radical (unpaired) electrons. The van der Waals surface area contributed by atoms with E-state index in [1.54, 1.807) is 13.1 Å². The minimum atomic E-state index is -4.42. The highest BCUT2D eigenvalue weighted by Crippen LogP contribution is 2.35. The summed E-state index contributed by atoms with van der Waals surface area (Å²) in [4.78, 5) is 9.30. The summed E-state index contributed by atoms with van der Waals surface area (Å²) in [5.41, 5.74) is 0.375. The fourth-order valence-corrected chi connectivity index (χ4v) is 3.73. The summed E-state index contributed by atoms with van der Waals surface area (Å²) < 4.78 is 60.9. The average Bonchev–Trinajstić information content (AvgIpc) is 3.29. The van der Waals surface area contributed by atoms with Crippen LogP contribution < -0.4 is 9.46 Å². The van der Waals surface area contributed by atoms with Gasteiger partial charge in [0.2, 0.25) is 5.88 Å². The molecule has 0 saturated carbocycles. The van der Waals surface area contributed by atoms with Crippen LogP contribution in [0.25, 0.3) is 11.3 Å². The van der Waals surface area contributed by atoms with Gasteiger partial charge in [-0.05, 0) is 30.7 Å². The highest BCUT2D eigenvalue weighted by Gasteiger charge is 2.30. The maximum atomic E-state index is 12.8. The van der Waals surface area contributed by atoms with E-state index in [1.165, 1.54) is 18.3 Å². The van der Waals surface area contributed by atoms with Crippen LogP contribution in [-0.4, -0.2) is 26.1 Å². The fraction of sp³-hybridized carbons (Fsp3) is 0.263. The van der Waals surface area contributed by atoms with Gasteiger partial charge in [0.25, 0.3) is 0 Å². The third-order valence-corrected chi connectivity index (χ3v) is 5.58. The van der Waals surface area contributed by atoms with Crippen LogP contribution in [0.4, 0.5) is 13.2 Å². The second-order valence-electron chi connectivity index (χ2n) is 6.46. The molecule has 0 aliphatic carbocycles. The van der Waals surface area contributed by atoms with Crippen molar-refractivity contribution in [2.24, 2.45) is 0 Å². The first kappa shape index (κ1) is 19.7. The van der Waals surface area contributed by atoms with E-state index < -0.39 is 23.1 Å². The Kier molecular flexibility index (Phi) is 5.24. The Morgan fingerprint density at radius 3 is 2.66 bits per heavy atom. The number of ether oxygens (including phenoxy) is 1. The number of hydrogen-bond acceptors (Lipinski definition) is 5. The molecule has 4 rings (SSSR count). The highest BCUT2D eigenvalue weighted by molar-refractivity contribution is 7.89. The lowest BCUT2D eigenvalue weighted by atomic mass is 10.2. The molecule has 1 aliphatic heterocycles. The van der Waals surface area contributed by atoms with Crippen molar-refractivity contribution >= 4 is 11.4 Å².